The number of esters is 1. The van der Waals surface area contributed by atoms with Crippen LogP contribution in [0.2, 0.25) is 0 Å². The summed E-state index contributed by atoms with van der Waals surface area (Å²) >= 11 is 0. The van der Waals surface area contributed by atoms with Crippen LogP contribution in [-0.4, -0.2) is 100 Å². The third kappa shape index (κ3) is 9.51. The van der Waals surface area contributed by atoms with E-state index in [-0.39, 0.29) is 54.4 Å². The number of primary amides is 1. The highest BCUT2D eigenvalue weighted by Crippen LogP contribution is 2.54. The molecular weight excluding hydrogens is 759 g/mol. The van der Waals surface area contributed by atoms with E-state index < -0.39 is 77.0 Å². The molecule has 18 atom stereocenters. The second-order valence-corrected chi connectivity index (χ2v) is 18.9. The van der Waals surface area contributed by atoms with Gasteiger partial charge in [0.25, 0.3) is 0 Å². The zero-order valence-electron chi connectivity index (χ0n) is 37.4. The topological polar surface area (TPSA) is 182 Å². The molecule has 4 fully saturated rings. The number of nitrogens with two attached hydrogens (primary N) is 1. The van der Waals surface area contributed by atoms with E-state index in [1.165, 1.54) is 0 Å². The van der Waals surface area contributed by atoms with Gasteiger partial charge < -0.3 is 49.1 Å². The minimum Gasteiger partial charge on any atom is -0.461 e. The fourth-order valence-corrected chi connectivity index (χ4v) is 11.0. The Bertz CT molecular complexity index is 1520. The van der Waals surface area contributed by atoms with Gasteiger partial charge in [0.1, 0.15) is 12.4 Å². The molecule has 0 radical (unpaired) electrons. The number of hydrogen-bond acceptors (Lipinski definition) is 12. The predicted octanol–water partition coefficient (Wildman–Crippen LogP) is 6.94. The molecule has 2 spiro atoms. The third-order valence-corrected chi connectivity index (χ3v) is 15.0. The molecule has 5 aliphatic heterocycles. The number of ether oxygens (including phenoxy) is 7. The molecule has 13 nitrogen and oxygen atoms in total. The summed E-state index contributed by atoms with van der Waals surface area (Å²) < 4.78 is 45.1. The molecule has 13 heteroatoms. The maximum absolute atomic E-state index is 14.6. The lowest BCUT2D eigenvalue weighted by Crippen LogP contribution is -2.63. The number of hydrogen-bond donors (Lipinski definition) is 3. The molecule has 4 N–H and O–H groups in total. The van der Waals surface area contributed by atoms with Gasteiger partial charge in [0.2, 0.25) is 5.79 Å². The zero-order chi connectivity index (χ0) is 43.7. The molecule has 4 saturated heterocycles. The number of rotatable bonds is 15. The Morgan fingerprint density at radius 1 is 0.949 bits per heavy atom. The van der Waals surface area contributed by atoms with Crippen LogP contribution in [0.4, 0.5) is 4.79 Å². The summed E-state index contributed by atoms with van der Waals surface area (Å²) in [5.74, 6) is -5.41. The van der Waals surface area contributed by atoms with Gasteiger partial charge in [-0.15, -0.1) is 0 Å². The average molecular weight is 834 g/mol. The molecule has 59 heavy (non-hydrogen) atoms. The lowest BCUT2D eigenvalue weighted by Gasteiger charge is -2.54. The van der Waals surface area contributed by atoms with Crippen molar-refractivity contribution in [2.45, 2.75) is 199 Å². The number of carbonyl (C=O) groups excluding carboxylic acids is 3. The van der Waals surface area contributed by atoms with E-state index in [1.807, 2.05) is 48.5 Å². The summed E-state index contributed by atoms with van der Waals surface area (Å²) in [5, 5.41) is 23.0. The van der Waals surface area contributed by atoms with Crippen LogP contribution < -0.4 is 5.73 Å². The van der Waals surface area contributed by atoms with Crippen molar-refractivity contribution in [3.63, 3.8) is 0 Å². The standard InChI is InChI=1S/C46H75NO12/c1-12-24-53-41(50)32(13-2)34-17-16-26(5)39(55-34)30(9)37(48)29(8)38(49)33(14-3)40-27(6)25-28(7)45(57-40)21-19-36(56-42(47)51)46(59-45)23-22-43(11,58-46)35-18-20-44(52,15-4)31(10)54-35/h12,19,21,26-37,39-40,48,52H,1,13-18,20,22-25H2,2-11H3,(H2,47,51)/t26?,27-,28+,29-,30-,31-,32+,33-,34+,35+,36+,37+,39+,40-,43-,44+,45-,46-/m0/s1. The predicted molar refractivity (Wildman–Crippen MR) is 221 cm³/mol. The lowest BCUT2D eigenvalue weighted by molar-refractivity contribution is -0.408. The first kappa shape index (κ1) is 47.7. The first-order chi connectivity index (χ1) is 27.7. The molecule has 1 amide bonds. The van der Waals surface area contributed by atoms with Crippen molar-refractivity contribution < 1.29 is 57.8 Å². The second-order valence-electron chi connectivity index (χ2n) is 18.9. The van der Waals surface area contributed by atoms with Crippen molar-refractivity contribution in [1.82, 2.24) is 0 Å². The Morgan fingerprint density at radius 2 is 1.64 bits per heavy atom. The Labute approximate surface area is 352 Å². The van der Waals surface area contributed by atoms with Crippen molar-refractivity contribution in [2.75, 3.05) is 6.61 Å². The highest BCUT2D eigenvalue weighted by molar-refractivity contribution is 5.84. The van der Waals surface area contributed by atoms with Crippen LogP contribution in [-0.2, 0) is 42.7 Å². The lowest BCUT2D eigenvalue weighted by atomic mass is 9.72. The summed E-state index contributed by atoms with van der Waals surface area (Å²) in [6.07, 6.45) is 5.93. The SMILES string of the molecule is C=CCOC(=O)[C@H](CC)[C@H]1CCC(C)[C@H]([C@@H](C)[C@H](O)[C@H](C)C(=O)[C@H](CC)[C@H]2O[C@]3(C=C[C@@H](OC(N)=O)[C@]4(CC[C@@](C)([C@H]5CC[C@](O)(CC)[C@H](C)O5)O4)O3)[C@H](C)C[C@@H]2C)O1. The van der Waals surface area contributed by atoms with Crippen molar-refractivity contribution in [1.29, 1.82) is 0 Å². The summed E-state index contributed by atoms with van der Waals surface area (Å²) in [4.78, 5) is 39.8. The highest BCUT2D eigenvalue weighted by Gasteiger charge is 2.64. The first-order valence-corrected chi connectivity index (χ1v) is 22.5. The molecule has 5 rings (SSSR count). The molecule has 5 aliphatic rings. The maximum atomic E-state index is 14.6. The van der Waals surface area contributed by atoms with Gasteiger partial charge in [0.05, 0.1) is 53.7 Å². The average Bonchev–Trinajstić information content (AvgIpc) is 3.54. The maximum Gasteiger partial charge on any atom is 0.405 e. The van der Waals surface area contributed by atoms with Gasteiger partial charge in [0, 0.05) is 30.1 Å². The van der Waals surface area contributed by atoms with Gasteiger partial charge in [-0.05, 0) is 95.6 Å². The Kier molecular flexibility index (Phi) is 15.3. The number of aliphatic hydroxyl groups is 2. The quantitative estimate of drug-likeness (QED) is 0.114. The van der Waals surface area contributed by atoms with Gasteiger partial charge in [-0.1, -0.05) is 68.0 Å². The van der Waals surface area contributed by atoms with Crippen molar-refractivity contribution >= 4 is 17.8 Å². The minimum atomic E-state index is -1.46. The van der Waals surface area contributed by atoms with Crippen molar-refractivity contribution in [3.05, 3.63) is 24.8 Å². The Balaban J connectivity index is 1.34. The molecule has 0 saturated carbocycles. The third-order valence-electron chi connectivity index (χ3n) is 15.0. The van der Waals surface area contributed by atoms with Gasteiger partial charge in [-0.3, -0.25) is 9.59 Å². The number of aliphatic hydroxyl groups excluding tert-OH is 1. The zero-order valence-corrected chi connectivity index (χ0v) is 37.4. The molecular formula is C46H75NO12. The smallest absolute Gasteiger partial charge is 0.405 e. The second kappa shape index (κ2) is 18.9. The monoisotopic (exact) mass is 834 g/mol. The largest absolute Gasteiger partial charge is 0.461 e. The number of carbonyl (C=O) groups is 3. The molecule has 0 aromatic rings. The van der Waals surface area contributed by atoms with E-state index in [2.05, 4.69) is 20.4 Å². The van der Waals surface area contributed by atoms with E-state index in [1.54, 1.807) is 25.2 Å². The van der Waals surface area contributed by atoms with Gasteiger partial charge in [-0.2, -0.15) is 0 Å². The van der Waals surface area contributed by atoms with Crippen molar-refractivity contribution in [2.24, 2.45) is 47.2 Å². The van der Waals surface area contributed by atoms with Crippen molar-refractivity contribution in [3.8, 4) is 0 Å². The van der Waals surface area contributed by atoms with Gasteiger partial charge in [0.15, 0.2) is 11.9 Å². The number of Topliss-reactive ketones (excluding diaryl/α,β-unsaturated/α-hetero) is 1. The molecule has 0 aliphatic carbocycles. The van der Waals surface area contributed by atoms with Crippen LogP contribution in [0.1, 0.15) is 133 Å². The van der Waals surface area contributed by atoms with Crippen LogP contribution in [0, 0.1) is 41.4 Å². The molecule has 0 aromatic heterocycles. The summed E-state index contributed by atoms with van der Waals surface area (Å²) in [6.45, 7) is 23.4. The van der Waals surface area contributed by atoms with Crippen LogP contribution in [0.5, 0.6) is 0 Å². The Morgan fingerprint density at radius 3 is 2.25 bits per heavy atom. The fourth-order valence-electron chi connectivity index (χ4n) is 11.0. The normalized spacial score (nSPS) is 42.4. The molecule has 5 heterocycles. The van der Waals surface area contributed by atoms with Crippen LogP contribution in [0.15, 0.2) is 24.8 Å². The van der Waals surface area contributed by atoms with E-state index in [0.29, 0.717) is 57.8 Å². The first-order valence-electron chi connectivity index (χ1n) is 22.5. The molecule has 336 valence electrons. The summed E-state index contributed by atoms with van der Waals surface area (Å²) in [7, 11) is 0. The van der Waals surface area contributed by atoms with E-state index >= 15 is 0 Å². The minimum absolute atomic E-state index is 0.0303. The Hall–Kier alpha value is -2.39. The van der Waals surface area contributed by atoms with Gasteiger partial charge in [-0.25, -0.2) is 4.79 Å². The molecule has 0 bridgehead atoms. The fraction of sp³-hybridized carbons (Fsp3) is 0.848. The summed E-state index contributed by atoms with van der Waals surface area (Å²) in [6, 6.07) is 0. The number of amides is 1. The molecule has 0 aromatic carbocycles. The highest BCUT2D eigenvalue weighted by atomic mass is 16.8. The van der Waals surface area contributed by atoms with E-state index in [4.69, 9.17) is 38.9 Å². The van der Waals surface area contributed by atoms with E-state index in [0.717, 1.165) is 6.42 Å². The summed E-state index contributed by atoms with van der Waals surface area (Å²) in [5.41, 5.74) is 3.82. The van der Waals surface area contributed by atoms with Gasteiger partial charge >= 0.3 is 12.1 Å². The van der Waals surface area contributed by atoms with Crippen LogP contribution in [0.25, 0.3) is 0 Å². The molecule has 1 unspecified atom stereocenters. The van der Waals surface area contributed by atoms with E-state index in [9.17, 15) is 24.6 Å². The van der Waals surface area contributed by atoms with Crippen LogP contribution in [0.3, 0.4) is 0 Å². The number of ketones is 1. The van der Waals surface area contributed by atoms with Crippen LogP contribution >= 0.6 is 0 Å².